The molecule has 0 radical (unpaired) electrons. The Bertz CT molecular complexity index is 213. The molecule has 0 aromatic heterocycles. The van der Waals surface area contributed by atoms with Crippen LogP contribution in [0.5, 0.6) is 0 Å². The molecular weight excluding hydrogens is 210 g/mol. The van der Waals surface area contributed by atoms with E-state index in [1.807, 2.05) is 0 Å². The number of rotatable bonds is 8. The molecule has 0 amide bonds. The minimum atomic E-state index is 0.603. The van der Waals surface area contributed by atoms with Crippen LogP contribution in [0.4, 0.5) is 0 Å². The second-order valence-corrected chi connectivity index (χ2v) is 5.57. The number of nitrogens with one attached hydrogen (secondary N) is 1. The molecule has 0 heterocycles. The summed E-state index contributed by atoms with van der Waals surface area (Å²) in [6, 6.07) is 0.603. The Labute approximate surface area is 107 Å². The van der Waals surface area contributed by atoms with Crippen LogP contribution in [0.15, 0.2) is 12.2 Å². The summed E-state index contributed by atoms with van der Waals surface area (Å²) < 4.78 is 5.79. The maximum absolute atomic E-state index is 5.79. The Morgan fingerprint density at radius 3 is 2.71 bits per heavy atom. The van der Waals surface area contributed by atoms with Gasteiger partial charge in [0.15, 0.2) is 0 Å². The predicted molar refractivity (Wildman–Crippen MR) is 74.2 cm³/mol. The van der Waals surface area contributed by atoms with Gasteiger partial charge < -0.3 is 10.1 Å². The van der Waals surface area contributed by atoms with Gasteiger partial charge in [-0.05, 0) is 44.1 Å². The first-order valence-electron chi connectivity index (χ1n) is 7.16. The fraction of sp³-hybridized carbons (Fsp3) is 0.867. The van der Waals surface area contributed by atoms with Crippen molar-refractivity contribution in [1.82, 2.24) is 5.32 Å². The second-order valence-electron chi connectivity index (χ2n) is 5.57. The topological polar surface area (TPSA) is 21.3 Å². The molecule has 1 aliphatic carbocycles. The van der Waals surface area contributed by atoms with E-state index in [9.17, 15) is 0 Å². The molecule has 1 rings (SSSR count). The summed E-state index contributed by atoms with van der Waals surface area (Å²) in [7, 11) is 0. The molecule has 100 valence electrons. The molecule has 17 heavy (non-hydrogen) atoms. The minimum Gasteiger partial charge on any atom is -0.381 e. The Balaban J connectivity index is 1.92. The molecule has 2 unspecified atom stereocenters. The van der Waals surface area contributed by atoms with E-state index in [1.54, 1.807) is 0 Å². The lowest BCUT2D eigenvalue weighted by atomic mass is 9.85. The Morgan fingerprint density at radius 1 is 1.24 bits per heavy atom. The number of hydrogen-bond donors (Lipinski definition) is 1. The minimum absolute atomic E-state index is 0.603. The molecule has 0 aliphatic heterocycles. The Hall–Kier alpha value is -0.340. The van der Waals surface area contributed by atoms with Crippen LogP contribution in [0.25, 0.3) is 0 Å². The van der Waals surface area contributed by atoms with Gasteiger partial charge in [-0.2, -0.15) is 0 Å². The van der Waals surface area contributed by atoms with Crippen molar-refractivity contribution in [2.24, 2.45) is 11.8 Å². The van der Waals surface area contributed by atoms with Gasteiger partial charge in [-0.1, -0.05) is 32.9 Å². The van der Waals surface area contributed by atoms with Crippen molar-refractivity contribution >= 4 is 0 Å². The molecular formula is C15H29NO. The first kappa shape index (κ1) is 14.7. The highest BCUT2D eigenvalue weighted by atomic mass is 16.5. The van der Waals surface area contributed by atoms with Gasteiger partial charge in [0.2, 0.25) is 0 Å². The first-order chi connectivity index (χ1) is 8.20. The van der Waals surface area contributed by atoms with E-state index in [0.717, 1.165) is 31.6 Å². The SMILES string of the molecule is CC(C)NCCCCOCC1CC=CCC1C. The van der Waals surface area contributed by atoms with E-state index >= 15 is 0 Å². The zero-order valence-electron chi connectivity index (χ0n) is 11.7. The first-order valence-corrected chi connectivity index (χ1v) is 7.16. The number of ether oxygens (including phenoxy) is 1. The Morgan fingerprint density at radius 2 is 2.00 bits per heavy atom. The maximum Gasteiger partial charge on any atom is 0.0499 e. The van der Waals surface area contributed by atoms with Crippen molar-refractivity contribution in [2.45, 2.75) is 52.5 Å². The lowest BCUT2D eigenvalue weighted by molar-refractivity contribution is 0.0767. The summed E-state index contributed by atoms with van der Waals surface area (Å²) in [5.41, 5.74) is 0. The van der Waals surface area contributed by atoms with Crippen molar-refractivity contribution in [3.8, 4) is 0 Å². The van der Waals surface area contributed by atoms with Gasteiger partial charge >= 0.3 is 0 Å². The molecule has 0 aromatic carbocycles. The smallest absolute Gasteiger partial charge is 0.0499 e. The van der Waals surface area contributed by atoms with Crippen LogP contribution in [0.3, 0.4) is 0 Å². The van der Waals surface area contributed by atoms with Crippen molar-refractivity contribution < 1.29 is 4.74 Å². The summed E-state index contributed by atoms with van der Waals surface area (Å²) in [5, 5.41) is 3.43. The van der Waals surface area contributed by atoms with Gasteiger partial charge in [-0.25, -0.2) is 0 Å². The summed E-state index contributed by atoms with van der Waals surface area (Å²) in [5.74, 6) is 1.54. The van der Waals surface area contributed by atoms with Gasteiger partial charge in [0.25, 0.3) is 0 Å². The van der Waals surface area contributed by atoms with Crippen LogP contribution in [0, 0.1) is 11.8 Å². The third-order valence-corrected chi connectivity index (χ3v) is 3.52. The van der Waals surface area contributed by atoms with Gasteiger partial charge in [-0.15, -0.1) is 0 Å². The van der Waals surface area contributed by atoms with E-state index in [1.165, 1.54) is 25.7 Å². The van der Waals surface area contributed by atoms with Crippen molar-refractivity contribution in [1.29, 1.82) is 0 Å². The van der Waals surface area contributed by atoms with Crippen molar-refractivity contribution in [3.63, 3.8) is 0 Å². The highest BCUT2D eigenvalue weighted by Crippen LogP contribution is 2.24. The van der Waals surface area contributed by atoms with E-state index < -0.39 is 0 Å². The summed E-state index contributed by atoms with van der Waals surface area (Å²) in [6.45, 7) is 9.70. The number of hydrogen-bond acceptors (Lipinski definition) is 2. The molecule has 0 saturated carbocycles. The van der Waals surface area contributed by atoms with E-state index in [2.05, 4.69) is 38.2 Å². The highest BCUT2D eigenvalue weighted by Gasteiger charge is 2.17. The predicted octanol–water partition coefficient (Wildman–Crippen LogP) is 3.38. The van der Waals surface area contributed by atoms with Gasteiger partial charge in [0.1, 0.15) is 0 Å². The highest BCUT2D eigenvalue weighted by molar-refractivity contribution is 4.93. The van der Waals surface area contributed by atoms with Crippen LogP contribution >= 0.6 is 0 Å². The number of allylic oxidation sites excluding steroid dienone is 2. The normalized spacial score (nSPS) is 24.5. The summed E-state index contributed by atoms with van der Waals surface area (Å²) in [6.07, 6.45) is 9.44. The van der Waals surface area contributed by atoms with Crippen LogP contribution in [-0.4, -0.2) is 25.8 Å². The molecule has 0 aromatic rings. The third kappa shape index (κ3) is 6.85. The zero-order valence-corrected chi connectivity index (χ0v) is 11.7. The average molecular weight is 239 g/mol. The Kier molecular flexibility index (Phi) is 7.54. The standard InChI is InChI=1S/C15H29NO/c1-13(2)16-10-6-7-11-17-12-15-9-5-4-8-14(15)3/h4-5,13-16H,6-12H2,1-3H3. The summed E-state index contributed by atoms with van der Waals surface area (Å²) >= 11 is 0. The lowest BCUT2D eigenvalue weighted by Crippen LogP contribution is -2.24. The van der Waals surface area contributed by atoms with Crippen molar-refractivity contribution in [3.05, 3.63) is 12.2 Å². The molecule has 2 atom stereocenters. The second kappa shape index (κ2) is 8.71. The monoisotopic (exact) mass is 239 g/mol. The molecule has 1 N–H and O–H groups in total. The van der Waals surface area contributed by atoms with Crippen LogP contribution < -0.4 is 5.32 Å². The molecule has 1 aliphatic rings. The third-order valence-electron chi connectivity index (χ3n) is 3.52. The molecule has 2 heteroatoms. The van der Waals surface area contributed by atoms with Crippen LogP contribution in [0.2, 0.25) is 0 Å². The van der Waals surface area contributed by atoms with Crippen molar-refractivity contribution in [2.75, 3.05) is 19.8 Å². The molecule has 0 spiro atoms. The fourth-order valence-electron chi connectivity index (χ4n) is 2.19. The zero-order chi connectivity index (χ0) is 12.5. The molecule has 0 fully saturated rings. The van der Waals surface area contributed by atoms with E-state index in [0.29, 0.717) is 6.04 Å². The van der Waals surface area contributed by atoms with Gasteiger partial charge in [0.05, 0.1) is 0 Å². The fourth-order valence-corrected chi connectivity index (χ4v) is 2.19. The molecule has 0 bridgehead atoms. The molecule has 2 nitrogen and oxygen atoms in total. The number of unbranched alkanes of at least 4 members (excludes halogenated alkanes) is 1. The van der Waals surface area contributed by atoms with E-state index in [-0.39, 0.29) is 0 Å². The van der Waals surface area contributed by atoms with E-state index in [4.69, 9.17) is 4.74 Å². The molecule has 0 saturated heterocycles. The summed E-state index contributed by atoms with van der Waals surface area (Å²) in [4.78, 5) is 0. The lowest BCUT2D eigenvalue weighted by Gasteiger charge is -2.24. The quantitative estimate of drug-likeness (QED) is 0.518. The van der Waals surface area contributed by atoms with Gasteiger partial charge in [0, 0.05) is 19.3 Å². The average Bonchev–Trinajstić information content (AvgIpc) is 2.30. The van der Waals surface area contributed by atoms with Crippen LogP contribution in [0.1, 0.15) is 46.5 Å². The van der Waals surface area contributed by atoms with Crippen LogP contribution in [-0.2, 0) is 4.74 Å². The maximum atomic E-state index is 5.79. The van der Waals surface area contributed by atoms with Gasteiger partial charge in [-0.3, -0.25) is 0 Å². The largest absolute Gasteiger partial charge is 0.381 e.